The van der Waals surface area contributed by atoms with Crippen molar-refractivity contribution in [2.45, 2.75) is 27.7 Å². The number of hydrogen-bond acceptors (Lipinski definition) is 3. The first-order valence-electron chi connectivity index (χ1n) is 6.36. The van der Waals surface area contributed by atoms with E-state index in [1.807, 2.05) is 26.0 Å². The highest BCUT2D eigenvalue weighted by Crippen LogP contribution is 2.23. The average Bonchev–Trinajstić information content (AvgIpc) is 2.30. The zero-order valence-corrected chi connectivity index (χ0v) is 11.7. The minimum absolute atomic E-state index is 0.0228. The van der Waals surface area contributed by atoms with Crippen molar-refractivity contribution in [1.29, 1.82) is 0 Å². The van der Waals surface area contributed by atoms with Crippen molar-refractivity contribution >= 4 is 17.3 Å². The van der Waals surface area contributed by atoms with Gasteiger partial charge >= 0.3 is 0 Å². The fraction of sp³-hybridized carbons (Fsp3) is 0.500. The van der Waals surface area contributed by atoms with Gasteiger partial charge in [0.05, 0.1) is 6.54 Å². The van der Waals surface area contributed by atoms with Gasteiger partial charge in [0.2, 0.25) is 5.91 Å². The summed E-state index contributed by atoms with van der Waals surface area (Å²) in [5.74, 6) is 0.0228. The third-order valence-electron chi connectivity index (χ3n) is 3.08. The van der Waals surface area contributed by atoms with Crippen molar-refractivity contribution in [2.75, 3.05) is 30.7 Å². The molecule has 1 aromatic rings. The van der Waals surface area contributed by atoms with Crippen LogP contribution in [0, 0.1) is 13.8 Å². The minimum atomic E-state index is 0.0228. The van der Waals surface area contributed by atoms with Crippen molar-refractivity contribution in [3.8, 4) is 0 Å². The molecule has 0 unspecified atom stereocenters. The molecule has 4 nitrogen and oxygen atoms in total. The number of nitrogens with zero attached hydrogens (tertiary/aromatic N) is 1. The average molecular weight is 249 g/mol. The number of amides is 1. The van der Waals surface area contributed by atoms with E-state index in [-0.39, 0.29) is 5.91 Å². The number of anilines is 2. The Labute approximate surface area is 109 Å². The Morgan fingerprint density at radius 2 is 1.72 bits per heavy atom. The summed E-state index contributed by atoms with van der Waals surface area (Å²) in [7, 11) is 0. The smallest absolute Gasteiger partial charge is 0.238 e. The van der Waals surface area contributed by atoms with E-state index in [1.54, 1.807) is 0 Å². The van der Waals surface area contributed by atoms with Gasteiger partial charge < -0.3 is 11.1 Å². The minimum Gasteiger partial charge on any atom is -0.399 e. The van der Waals surface area contributed by atoms with Crippen LogP contribution in [0.4, 0.5) is 11.4 Å². The van der Waals surface area contributed by atoms with Crippen LogP contribution in [-0.4, -0.2) is 30.4 Å². The van der Waals surface area contributed by atoms with E-state index in [0.29, 0.717) is 6.54 Å². The normalized spacial score (nSPS) is 10.7. The lowest BCUT2D eigenvalue weighted by atomic mass is 10.1. The van der Waals surface area contributed by atoms with Crippen molar-refractivity contribution in [1.82, 2.24) is 4.90 Å². The van der Waals surface area contributed by atoms with Crippen LogP contribution < -0.4 is 11.1 Å². The van der Waals surface area contributed by atoms with Gasteiger partial charge in [-0.25, -0.2) is 0 Å². The zero-order valence-electron chi connectivity index (χ0n) is 11.7. The number of aryl methyl sites for hydroxylation is 2. The molecule has 1 aromatic carbocycles. The molecule has 1 amide bonds. The van der Waals surface area contributed by atoms with Crippen LogP contribution in [0.25, 0.3) is 0 Å². The quantitative estimate of drug-likeness (QED) is 0.786. The van der Waals surface area contributed by atoms with Crippen LogP contribution in [0.3, 0.4) is 0 Å². The molecule has 0 aliphatic carbocycles. The van der Waals surface area contributed by atoms with Crippen molar-refractivity contribution < 1.29 is 4.79 Å². The largest absolute Gasteiger partial charge is 0.399 e. The summed E-state index contributed by atoms with van der Waals surface area (Å²) in [5.41, 5.74) is 9.37. The Balaban J connectivity index is 2.76. The summed E-state index contributed by atoms with van der Waals surface area (Å²) < 4.78 is 0. The first kappa shape index (κ1) is 14.5. The van der Waals surface area contributed by atoms with Crippen LogP contribution in [0.15, 0.2) is 12.1 Å². The summed E-state index contributed by atoms with van der Waals surface area (Å²) >= 11 is 0. The van der Waals surface area contributed by atoms with Gasteiger partial charge in [0.25, 0.3) is 0 Å². The van der Waals surface area contributed by atoms with Crippen molar-refractivity contribution in [3.63, 3.8) is 0 Å². The molecule has 4 heteroatoms. The summed E-state index contributed by atoms with van der Waals surface area (Å²) in [6.07, 6.45) is 0. The third kappa shape index (κ3) is 3.74. The molecule has 0 bridgehead atoms. The van der Waals surface area contributed by atoms with Crippen LogP contribution in [0.1, 0.15) is 25.0 Å². The molecule has 3 N–H and O–H groups in total. The molecule has 1 rings (SSSR count). The first-order valence-corrected chi connectivity index (χ1v) is 6.36. The van der Waals surface area contributed by atoms with Crippen LogP contribution in [0.5, 0.6) is 0 Å². The standard InChI is InChI=1S/C14H23N3O/c1-5-17(6-2)9-13(18)16-14-10(3)7-12(15)8-11(14)4/h7-8H,5-6,9,15H2,1-4H3,(H,16,18). The highest BCUT2D eigenvalue weighted by molar-refractivity contribution is 5.94. The molecule has 0 spiro atoms. The van der Waals surface area contributed by atoms with Gasteiger partial charge in [-0.3, -0.25) is 9.69 Å². The molecule has 0 saturated carbocycles. The predicted octanol–water partition coefficient (Wildman–Crippen LogP) is 2.17. The second-order valence-electron chi connectivity index (χ2n) is 4.54. The van der Waals surface area contributed by atoms with E-state index in [4.69, 9.17) is 5.73 Å². The Morgan fingerprint density at radius 3 is 2.17 bits per heavy atom. The number of carbonyl (C=O) groups excluding carboxylic acids is 1. The number of nitrogens with one attached hydrogen (secondary N) is 1. The Bertz CT molecular complexity index is 402. The molecule has 0 aromatic heterocycles. The Hall–Kier alpha value is -1.55. The number of nitrogen functional groups attached to an aromatic ring is 1. The van der Waals surface area contributed by atoms with E-state index >= 15 is 0 Å². The van der Waals surface area contributed by atoms with E-state index < -0.39 is 0 Å². The van der Waals surface area contributed by atoms with Crippen LogP contribution in [-0.2, 0) is 4.79 Å². The van der Waals surface area contributed by atoms with E-state index in [2.05, 4.69) is 24.1 Å². The van der Waals surface area contributed by atoms with Gasteiger partial charge in [0.15, 0.2) is 0 Å². The van der Waals surface area contributed by atoms with Gasteiger partial charge in [0, 0.05) is 11.4 Å². The summed E-state index contributed by atoms with van der Waals surface area (Å²) in [6, 6.07) is 3.75. The third-order valence-corrected chi connectivity index (χ3v) is 3.08. The Morgan fingerprint density at radius 1 is 1.22 bits per heavy atom. The van der Waals surface area contributed by atoms with Gasteiger partial charge in [-0.05, 0) is 50.2 Å². The maximum Gasteiger partial charge on any atom is 0.238 e. The lowest BCUT2D eigenvalue weighted by Gasteiger charge is -2.18. The fourth-order valence-electron chi connectivity index (χ4n) is 2.02. The molecule has 0 radical (unpaired) electrons. The van der Waals surface area contributed by atoms with Gasteiger partial charge in [-0.15, -0.1) is 0 Å². The predicted molar refractivity (Wildman–Crippen MR) is 76.7 cm³/mol. The van der Waals surface area contributed by atoms with Crippen LogP contribution in [0.2, 0.25) is 0 Å². The molecule has 100 valence electrons. The van der Waals surface area contributed by atoms with E-state index in [9.17, 15) is 4.79 Å². The molecule has 0 aliphatic heterocycles. The number of benzene rings is 1. The highest BCUT2D eigenvalue weighted by Gasteiger charge is 2.10. The summed E-state index contributed by atoms with van der Waals surface area (Å²) in [5, 5.41) is 2.97. The molecular weight excluding hydrogens is 226 g/mol. The maximum atomic E-state index is 11.9. The topological polar surface area (TPSA) is 58.4 Å². The molecule has 0 saturated heterocycles. The SMILES string of the molecule is CCN(CC)CC(=O)Nc1c(C)cc(N)cc1C. The zero-order chi connectivity index (χ0) is 13.7. The van der Waals surface area contributed by atoms with Gasteiger partial charge in [-0.2, -0.15) is 0 Å². The second-order valence-corrected chi connectivity index (χ2v) is 4.54. The van der Waals surface area contributed by atoms with Crippen molar-refractivity contribution in [3.05, 3.63) is 23.3 Å². The molecule has 0 fully saturated rings. The van der Waals surface area contributed by atoms with Gasteiger partial charge in [0.1, 0.15) is 0 Å². The number of hydrogen-bond donors (Lipinski definition) is 2. The van der Waals surface area contributed by atoms with E-state index in [1.165, 1.54) is 0 Å². The number of rotatable bonds is 5. The van der Waals surface area contributed by atoms with Crippen molar-refractivity contribution in [2.24, 2.45) is 0 Å². The second kappa shape index (κ2) is 6.40. The number of likely N-dealkylation sites (N-methyl/N-ethyl adjacent to an activating group) is 1. The summed E-state index contributed by atoms with van der Waals surface area (Å²) in [6.45, 7) is 10.2. The molecule has 0 heterocycles. The van der Waals surface area contributed by atoms with Crippen LogP contribution >= 0.6 is 0 Å². The lowest BCUT2D eigenvalue weighted by Crippen LogP contribution is -2.33. The highest BCUT2D eigenvalue weighted by atomic mass is 16.2. The summed E-state index contributed by atoms with van der Waals surface area (Å²) in [4.78, 5) is 14.0. The number of carbonyl (C=O) groups is 1. The first-order chi connectivity index (χ1) is 8.47. The maximum absolute atomic E-state index is 11.9. The lowest BCUT2D eigenvalue weighted by molar-refractivity contribution is -0.117. The Kier molecular flexibility index (Phi) is 5.16. The monoisotopic (exact) mass is 249 g/mol. The van der Waals surface area contributed by atoms with E-state index in [0.717, 1.165) is 35.6 Å². The molecule has 18 heavy (non-hydrogen) atoms. The fourth-order valence-corrected chi connectivity index (χ4v) is 2.02. The molecule has 0 aliphatic rings. The molecular formula is C14H23N3O. The van der Waals surface area contributed by atoms with Gasteiger partial charge in [-0.1, -0.05) is 13.8 Å². The number of nitrogens with two attached hydrogens (primary N) is 1. The molecule has 0 atom stereocenters.